The minimum atomic E-state index is -4.28. The van der Waals surface area contributed by atoms with Gasteiger partial charge in [-0.3, -0.25) is 14.4 Å². The van der Waals surface area contributed by atoms with Crippen molar-refractivity contribution < 1.29 is 22.8 Å². The number of hydrogen-bond donors (Lipinski definition) is 1. The van der Waals surface area contributed by atoms with Crippen LogP contribution in [-0.2, 0) is 25.8 Å². The topological polar surface area (TPSA) is 104 Å². The van der Waals surface area contributed by atoms with Crippen LogP contribution in [0.5, 0.6) is 0 Å². The predicted molar refractivity (Wildman–Crippen MR) is 138 cm³/mol. The number of benzene rings is 2. The number of amides is 3. The van der Waals surface area contributed by atoms with Crippen LogP contribution < -0.4 is 5.32 Å². The van der Waals surface area contributed by atoms with E-state index in [4.69, 9.17) is 11.6 Å². The third-order valence-corrected chi connectivity index (χ3v) is 8.82. The number of thiophene rings is 1. The van der Waals surface area contributed by atoms with Gasteiger partial charge in [0.25, 0.3) is 11.8 Å². The van der Waals surface area contributed by atoms with E-state index in [-0.39, 0.29) is 48.3 Å². The average Bonchev–Trinajstić information content (AvgIpc) is 3.43. The first-order chi connectivity index (χ1) is 17.3. The van der Waals surface area contributed by atoms with Gasteiger partial charge in [-0.05, 0) is 41.3 Å². The van der Waals surface area contributed by atoms with Gasteiger partial charge < -0.3 is 15.1 Å². The monoisotopic (exact) mass is 545 g/mol. The van der Waals surface area contributed by atoms with Crippen LogP contribution in [0, 0.1) is 0 Å². The van der Waals surface area contributed by atoms with Crippen LogP contribution in [0.3, 0.4) is 0 Å². The van der Waals surface area contributed by atoms with Crippen LogP contribution in [0.15, 0.2) is 77.0 Å². The highest BCUT2D eigenvalue weighted by atomic mass is 35.5. The zero-order valence-corrected chi connectivity index (χ0v) is 21.6. The maximum absolute atomic E-state index is 13.5. The van der Waals surface area contributed by atoms with Crippen molar-refractivity contribution in [3.63, 3.8) is 0 Å². The van der Waals surface area contributed by atoms with E-state index >= 15 is 0 Å². The lowest BCUT2D eigenvalue weighted by atomic mass is 10.1. The summed E-state index contributed by atoms with van der Waals surface area (Å²) in [6, 6.07) is 18.0. The average molecular weight is 546 g/mol. The third kappa shape index (κ3) is 5.95. The van der Waals surface area contributed by atoms with Crippen LogP contribution in [-0.4, -0.2) is 67.5 Å². The largest absolute Gasteiger partial charge is 0.339 e. The fourth-order valence-corrected chi connectivity index (χ4v) is 6.07. The van der Waals surface area contributed by atoms with Gasteiger partial charge >= 0.3 is 0 Å². The maximum atomic E-state index is 13.5. The predicted octanol–water partition coefficient (Wildman–Crippen LogP) is 2.84. The Kier molecular flexibility index (Phi) is 8.07. The Morgan fingerprint density at radius 3 is 2.14 bits per heavy atom. The van der Waals surface area contributed by atoms with Crippen molar-refractivity contribution in [3.8, 4) is 0 Å². The van der Waals surface area contributed by atoms with Gasteiger partial charge in [-0.15, -0.1) is 11.3 Å². The molecule has 3 amide bonds. The summed E-state index contributed by atoms with van der Waals surface area (Å²) in [4.78, 5) is 42.1. The van der Waals surface area contributed by atoms with Crippen LogP contribution in [0.1, 0.15) is 15.2 Å². The van der Waals surface area contributed by atoms with E-state index in [0.717, 1.165) is 16.9 Å². The van der Waals surface area contributed by atoms with E-state index in [2.05, 4.69) is 5.32 Å². The number of nitrogens with zero attached hydrogens (tertiary/aromatic N) is 2. The molecule has 2 aromatic carbocycles. The second-order valence-corrected chi connectivity index (χ2v) is 11.6. The first-order valence-electron chi connectivity index (χ1n) is 11.2. The van der Waals surface area contributed by atoms with Crippen molar-refractivity contribution in [3.05, 3.63) is 87.6 Å². The molecule has 188 valence electrons. The fourth-order valence-electron chi connectivity index (χ4n) is 3.85. The van der Waals surface area contributed by atoms with E-state index in [1.165, 1.54) is 29.2 Å². The zero-order chi connectivity index (χ0) is 25.7. The number of hydrogen-bond acceptors (Lipinski definition) is 6. The minimum Gasteiger partial charge on any atom is -0.339 e. The summed E-state index contributed by atoms with van der Waals surface area (Å²) in [7, 11) is -4.28. The molecule has 1 aromatic heterocycles. The third-order valence-electron chi connectivity index (χ3n) is 5.83. The first-order valence-corrected chi connectivity index (χ1v) is 14.0. The molecule has 0 bridgehead atoms. The molecule has 1 fully saturated rings. The number of piperazine rings is 1. The van der Waals surface area contributed by atoms with Gasteiger partial charge in [-0.1, -0.05) is 48.0 Å². The molecule has 0 unspecified atom stereocenters. The van der Waals surface area contributed by atoms with E-state index in [9.17, 15) is 22.8 Å². The van der Waals surface area contributed by atoms with Gasteiger partial charge in [-0.2, -0.15) is 0 Å². The number of carbonyl (C=O) groups excluding carboxylic acids is 3. The van der Waals surface area contributed by atoms with Crippen LogP contribution >= 0.6 is 22.9 Å². The van der Waals surface area contributed by atoms with Crippen LogP contribution in [0.4, 0.5) is 0 Å². The molecule has 0 aliphatic carbocycles. The summed E-state index contributed by atoms with van der Waals surface area (Å²) >= 11 is 7.04. The highest BCUT2D eigenvalue weighted by Crippen LogP contribution is 2.21. The summed E-state index contributed by atoms with van der Waals surface area (Å²) in [6.07, 6.45) is 0.249. The molecule has 1 saturated heterocycles. The molecule has 1 N–H and O–H groups in total. The zero-order valence-electron chi connectivity index (χ0n) is 19.2. The Balaban J connectivity index is 1.49. The molecular formula is C25H24ClN3O5S2. The Bertz CT molecular complexity index is 1320. The normalized spacial score (nSPS) is 14.8. The van der Waals surface area contributed by atoms with Crippen molar-refractivity contribution in [1.29, 1.82) is 0 Å². The smallest absolute Gasteiger partial charge is 0.262 e. The number of sulfone groups is 1. The Hall–Kier alpha value is -3.21. The lowest BCUT2D eigenvalue weighted by Gasteiger charge is -2.36. The Labute approximate surface area is 218 Å². The second-order valence-electron chi connectivity index (χ2n) is 8.20. The molecule has 0 radical (unpaired) electrons. The van der Waals surface area contributed by atoms with E-state index < -0.39 is 27.0 Å². The SMILES string of the molecule is O=C(N[C@H](C(=O)N1CCN(C(=O)Cc2ccccc2)CC1)S(=O)(=O)c1ccc(Cl)cc1)c1cccs1. The van der Waals surface area contributed by atoms with Gasteiger partial charge in [0.2, 0.25) is 21.1 Å². The van der Waals surface area contributed by atoms with Gasteiger partial charge in [0.1, 0.15) is 0 Å². The molecule has 8 nitrogen and oxygen atoms in total. The summed E-state index contributed by atoms with van der Waals surface area (Å²) < 4.78 is 26.9. The van der Waals surface area contributed by atoms with Crippen molar-refractivity contribution in [2.75, 3.05) is 26.2 Å². The molecule has 2 heterocycles. The lowest BCUT2D eigenvalue weighted by Crippen LogP contribution is -2.58. The summed E-state index contributed by atoms with van der Waals surface area (Å²) in [5, 5.41) is 2.62. The minimum absolute atomic E-state index is 0.0652. The summed E-state index contributed by atoms with van der Waals surface area (Å²) in [6.45, 7) is 0.843. The molecule has 3 aromatic rings. The van der Waals surface area contributed by atoms with Crippen LogP contribution in [0.25, 0.3) is 0 Å². The second kappa shape index (κ2) is 11.2. The highest BCUT2D eigenvalue weighted by molar-refractivity contribution is 7.92. The Morgan fingerprint density at radius 1 is 0.889 bits per heavy atom. The molecule has 0 saturated carbocycles. The molecular weight excluding hydrogens is 522 g/mol. The van der Waals surface area contributed by atoms with Crippen molar-refractivity contribution in [2.24, 2.45) is 0 Å². The van der Waals surface area contributed by atoms with Gasteiger partial charge in [-0.25, -0.2) is 8.42 Å². The molecule has 0 spiro atoms. The molecule has 1 aliphatic rings. The lowest BCUT2D eigenvalue weighted by molar-refractivity contribution is -0.139. The Morgan fingerprint density at radius 2 is 1.53 bits per heavy atom. The van der Waals surface area contributed by atoms with Gasteiger partial charge in [0.05, 0.1) is 16.2 Å². The van der Waals surface area contributed by atoms with Gasteiger partial charge in [0.15, 0.2) is 0 Å². The van der Waals surface area contributed by atoms with E-state index in [1.807, 2.05) is 30.3 Å². The molecule has 4 rings (SSSR count). The van der Waals surface area contributed by atoms with Crippen molar-refractivity contribution in [1.82, 2.24) is 15.1 Å². The van der Waals surface area contributed by atoms with Crippen LogP contribution in [0.2, 0.25) is 5.02 Å². The number of carbonyl (C=O) groups is 3. The number of rotatable bonds is 7. The van der Waals surface area contributed by atoms with E-state index in [0.29, 0.717) is 5.02 Å². The molecule has 11 heteroatoms. The number of halogens is 1. The summed E-state index contributed by atoms with van der Waals surface area (Å²) in [5.74, 6) is -1.47. The summed E-state index contributed by atoms with van der Waals surface area (Å²) in [5.41, 5.74) is 0.895. The first kappa shape index (κ1) is 25.9. The molecule has 36 heavy (non-hydrogen) atoms. The maximum Gasteiger partial charge on any atom is 0.262 e. The van der Waals surface area contributed by atoms with Crippen molar-refractivity contribution >= 4 is 50.5 Å². The molecule has 1 aliphatic heterocycles. The molecule has 1 atom stereocenters. The van der Waals surface area contributed by atoms with Gasteiger partial charge in [0, 0.05) is 31.2 Å². The quantitative estimate of drug-likeness (QED) is 0.492. The van der Waals surface area contributed by atoms with E-state index in [1.54, 1.807) is 22.4 Å². The van der Waals surface area contributed by atoms with Crippen molar-refractivity contribution in [2.45, 2.75) is 16.7 Å². The fraction of sp³-hybridized carbons (Fsp3) is 0.240. The number of nitrogens with one attached hydrogen (secondary N) is 1. The standard InChI is InChI=1S/C25H24ClN3O5S2/c26-19-8-10-20(11-9-19)36(33,34)24(27-23(31)21-7-4-16-35-21)25(32)29-14-12-28(13-15-29)22(30)17-18-5-2-1-3-6-18/h1-11,16,24H,12-15,17H2,(H,27,31)/t24-/m0/s1. The highest BCUT2D eigenvalue weighted by Gasteiger charge is 2.39.